The van der Waals surface area contributed by atoms with E-state index in [1.807, 2.05) is 0 Å². The summed E-state index contributed by atoms with van der Waals surface area (Å²) in [6.45, 7) is 1.37. The lowest BCUT2D eigenvalue weighted by Crippen LogP contribution is -2.15. The molecule has 1 aromatic carbocycles. The van der Waals surface area contributed by atoms with Crippen molar-refractivity contribution in [3.8, 4) is 0 Å². The maximum absolute atomic E-state index is 11.5. The number of carbonyl (C=O) groups excluding carboxylic acids is 1. The van der Waals surface area contributed by atoms with Gasteiger partial charge >= 0.3 is 5.97 Å². The topological polar surface area (TPSA) is 107 Å². The first-order chi connectivity index (χ1) is 7.79. The summed E-state index contributed by atoms with van der Waals surface area (Å²) in [4.78, 5) is 11.5. The van der Waals surface area contributed by atoms with Gasteiger partial charge in [0, 0.05) is 5.69 Å². The molecule has 0 bridgehead atoms. The Kier molecular flexibility index (Phi) is 4.08. The number of aryl methyl sites for hydroxylation is 1. The normalized spacial score (nSPS) is 11.2. The number of nitrogens with two attached hydrogens (primary N) is 1. The van der Waals surface area contributed by atoms with Gasteiger partial charge in [-0.2, -0.15) is 8.42 Å². The van der Waals surface area contributed by atoms with Gasteiger partial charge in [0.15, 0.2) is 0 Å². The smallest absolute Gasteiger partial charge is 0.340 e. The van der Waals surface area contributed by atoms with Crippen LogP contribution < -0.4 is 5.73 Å². The van der Waals surface area contributed by atoms with Crippen LogP contribution in [0.15, 0.2) is 18.2 Å². The van der Waals surface area contributed by atoms with Crippen molar-refractivity contribution in [1.82, 2.24) is 0 Å². The van der Waals surface area contributed by atoms with Gasteiger partial charge in [0.25, 0.3) is 10.1 Å². The molecule has 0 radical (unpaired) electrons. The van der Waals surface area contributed by atoms with E-state index in [2.05, 4.69) is 4.74 Å². The van der Waals surface area contributed by atoms with Gasteiger partial charge in [-0.25, -0.2) is 4.79 Å². The first kappa shape index (κ1) is 13.5. The van der Waals surface area contributed by atoms with Crippen molar-refractivity contribution in [2.45, 2.75) is 6.92 Å². The summed E-state index contributed by atoms with van der Waals surface area (Å²) in [5, 5.41) is 0. The quantitative estimate of drug-likeness (QED) is 0.466. The van der Waals surface area contributed by atoms with E-state index in [9.17, 15) is 13.2 Å². The number of rotatable bonds is 4. The standard InChI is InChI=1S/C10H13NO5S/c1-7-2-3-9(11)8(6-7)10(12)16-4-5-17(13,14)15/h2-3,6H,4-5,11H2,1H3,(H,13,14,15). The van der Waals surface area contributed by atoms with Crippen LogP contribution in [-0.2, 0) is 14.9 Å². The number of hydrogen-bond acceptors (Lipinski definition) is 5. The number of ether oxygens (including phenoxy) is 1. The van der Waals surface area contributed by atoms with Crippen molar-refractivity contribution in [2.75, 3.05) is 18.1 Å². The van der Waals surface area contributed by atoms with Crippen LogP contribution in [0, 0.1) is 6.92 Å². The lowest BCUT2D eigenvalue weighted by Gasteiger charge is -2.06. The molecular formula is C10H13NO5S. The molecule has 94 valence electrons. The molecule has 0 aliphatic heterocycles. The van der Waals surface area contributed by atoms with Crippen LogP contribution in [0.5, 0.6) is 0 Å². The van der Waals surface area contributed by atoms with Gasteiger partial charge in [-0.05, 0) is 19.1 Å². The van der Waals surface area contributed by atoms with E-state index >= 15 is 0 Å². The van der Waals surface area contributed by atoms with Crippen molar-refractivity contribution < 1.29 is 22.5 Å². The van der Waals surface area contributed by atoms with Crippen LogP contribution in [-0.4, -0.2) is 31.3 Å². The third-order valence-electron chi connectivity index (χ3n) is 2.00. The van der Waals surface area contributed by atoms with Crippen LogP contribution in [0.3, 0.4) is 0 Å². The molecule has 0 aliphatic rings. The lowest BCUT2D eigenvalue weighted by atomic mass is 10.1. The molecule has 1 aromatic rings. The summed E-state index contributed by atoms with van der Waals surface area (Å²) >= 11 is 0. The Morgan fingerprint density at radius 3 is 2.71 bits per heavy atom. The predicted octanol–water partition coefficient (Wildman–Crippen LogP) is 0.622. The summed E-state index contributed by atoms with van der Waals surface area (Å²) in [5.74, 6) is -1.35. The number of hydrogen-bond donors (Lipinski definition) is 2. The molecular weight excluding hydrogens is 246 g/mol. The van der Waals surface area contributed by atoms with Crippen LogP contribution in [0.1, 0.15) is 15.9 Å². The van der Waals surface area contributed by atoms with Gasteiger partial charge in [0.05, 0.1) is 5.56 Å². The minimum Gasteiger partial charge on any atom is -0.461 e. The Balaban J connectivity index is 2.67. The Labute approximate surface area is 99.1 Å². The van der Waals surface area contributed by atoms with Crippen LogP contribution >= 0.6 is 0 Å². The first-order valence-electron chi connectivity index (χ1n) is 4.78. The molecule has 7 heteroatoms. The fraction of sp³-hybridized carbons (Fsp3) is 0.300. The molecule has 0 aliphatic carbocycles. The summed E-state index contributed by atoms with van der Waals surface area (Å²) in [5.41, 5.74) is 6.85. The number of benzene rings is 1. The van der Waals surface area contributed by atoms with E-state index in [1.165, 1.54) is 0 Å². The fourth-order valence-corrected chi connectivity index (χ4v) is 1.46. The average Bonchev–Trinajstić information content (AvgIpc) is 2.19. The molecule has 0 heterocycles. The molecule has 0 spiro atoms. The zero-order valence-corrected chi connectivity index (χ0v) is 10.0. The van der Waals surface area contributed by atoms with E-state index in [0.717, 1.165) is 5.56 Å². The molecule has 0 atom stereocenters. The molecule has 6 nitrogen and oxygen atoms in total. The van der Waals surface area contributed by atoms with Crippen LogP contribution in [0.4, 0.5) is 5.69 Å². The van der Waals surface area contributed by atoms with Gasteiger partial charge < -0.3 is 10.5 Å². The second-order valence-corrected chi connectivity index (χ2v) is 5.08. The molecule has 0 saturated heterocycles. The minimum atomic E-state index is -4.13. The van der Waals surface area contributed by atoms with Crippen LogP contribution in [0.25, 0.3) is 0 Å². The van der Waals surface area contributed by atoms with E-state index in [4.69, 9.17) is 10.3 Å². The van der Waals surface area contributed by atoms with Crippen molar-refractivity contribution in [1.29, 1.82) is 0 Å². The highest BCUT2D eigenvalue weighted by atomic mass is 32.2. The number of anilines is 1. The third kappa shape index (κ3) is 4.41. The maximum Gasteiger partial charge on any atom is 0.340 e. The van der Waals surface area contributed by atoms with E-state index in [1.54, 1.807) is 25.1 Å². The van der Waals surface area contributed by atoms with E-state index in [0.29, 0.717) is 0 Å². The summed E-state index contributed by atoms with van der Waals surface area (Å²) in [6, 6.07) is 4.85. The lowest BCUT2D eigenvalue weighted by molar-refractivity contribution is 0.0529. The molecule has 0 fully saturated rings. The number of nitrogen functional groups attached to an aromatic ring is 1. The fourth-order valence-electron chi connectivity index (χ4n) is 1.16. The van der Waals surface area contributed by atoms with Crippen molar-refractivity contribution in [3.63, 3.8) is 0 Å². The third-order valence-corrected chi connectivity index (χ3v) is 2.69. The largest absolute Gasteiger partial charge is 0.461 e. The highest BCUT2D eigenvalue weighted by molar-refractivity contribution is 7.85. The predicted molar refractivity (Wildman–Crippen MR) is 62.3 cm³/mol. The maximum atomic E-state index is 11.5. The van der Waals surface area contributed by atoms with Gasteiger partial charge in [0.2, 0.25) is 0 Å². The SMILES string of the molecule is Cc1ccc(N)c(C(=O)OCCS(=O)(=O)O)c1. The molecule has 0 amide bonds. The molecule has 1 rings (SSSR count). The molecule has 0 unspecified atom stereocenters. The molecule has 0 aromatic heterocycles. The zero-order valence-electron chi connectivity index (χ0n) is 9.21. The zero-order chi connectivity index (χ0) is 13.1. The molecule has 3 N–H and O–H groups in total. The Hall–Kier alpha value is -1.60. The minimum absolute atomic E-state index is 0.181. The monoisotopic (exact) mass is 259 g/mol. The Bertz CT molecular complexity index is 523. The van der Waals surface area contributed by atoms with E-state index in [-0.39, 0.29) is 11.3 Å². The second-order valence-electron chi connectivity index (χ2n) is 3.51. The summed E-state index contributed by atoms with van der Waals surface area (Å²) in [6.07, 6.45) is 0. The van der Waals surface area contributed by atoms with Gasteiger partial charge in [-0.3, -0.25) is 4.55 Å². The van der Waals surface area contributed by atoms with Crippen LogP contribution in [0.2, 0.25) is 0 Å². The molecule has 17 heavy (non-hydrogen) atoms. The van der Waals surface area contributed by atoms with Gasteiger partial charge in [0.1, 0.15) is 12.4 Å². The summed E-state index contributed by atoms with van der Waals surface area (Å²) in [7, 11) is -4.13. The van der Waals surface area contributed by atoms with Gasteiger partial charge in [-0.1, -0.05) is 11.6 Å². The Morgan fingerprint density at radius 1 is 1.47 bits per heavy atom. The molecule has 0 saturated carbocycles. The number of carbonyl (C=O) groups is 1. The van der Waals surface area contributed by atoms with Gasteiger partial charge in [-0.15, -0.1) is 0 Å². The van der Waals surface area contributed by atoms with E-state index < -0.39 is 28.4 Å². The Morgan fingerprint density at radius 2 is 2.12 bits per heavy atom. The first-order valence-corrected chi connectivity index (χ1v) is 6.39. The average molecular weight is 259 g/mol. The summed E-state index contributed by atoms with van der Waals surface area (Å²) < 4.78 is 34.0. The highest BCUT2D eigenvalue weighted by Crippen LogP contribution is 2.14. The second kappa shape index (κ2) is 5.15. The van der Waals surface area contributed by atoms with Crippen molar-refractivity contribution in [2.24, 2.45) is 0 Å². The van der Waals surface area contributed by atoms with Crippen molar-refractivity contribution >= 4 is 21.8 Å². The highest BCUT2D eigenvalue weighted by Gasteiger charge is 2.13. The van der Waals surface area contributed by atoms with Crippen molar-refractivity contribution in [3.05, 3.63) is 29.3 Å². The number of esters is 1.